The van der Waals surface area contributed by atoms with Crippen LogP contribution in [0.3, 0.4) is 0 Å². The number of hydrogen-bond acceptors (Lipinski definition) is 2. The Hall–Kier alpha value is -1.67. The van der Waals surface area contributed by atoms with E-state index in [1.54, 1.807) is 0 Å². The van der Waals surface area contributed by atoms with Gasteiger partial charge in [-0.1, -0.05) is 37.1 Å². The van der Waals surface area contributed by atoms with Crippen molar-refractivity contribution < 1.29 is 0 Å². The molecule has 2 aromatic carbocycles. The van der Waals surface area contributed by atoms with Crippen LogP contribution in [0.5, 0.6) is 0 Å². The van der Waals surface area contributed by atoms with E-state index in [1.807, 2.05) is 18.2 Å². The fourth-order valence-corrected chi connectivity index (χ4v) is 3.47. The van der Waals surface area contributed by atoms with E-state index in [-0.39, 0.29) is 0 Å². The van der Waals surface area contributed by atoms with Gasteiger partial charge in [0.1, 0.15) is 0 Å². The van der Waals surface area contributed by atoms with Crippen LogP contribution in [0.2, 0.25) is 5.02 Å². The topological polar surface area (TPSA) is 15.3 Å². The number of benzene rings is 2. The first kappa shape index (κ1) is 16.2. The molecule has 1 aliphatic rings. The van der Waals surface area contributed by atoms with Crippen LogP contribution in [0.15, 0.2) is 42.5 Å². The minimum absolute atomic E-state index is 0.378. The molecule has 0 radical (unpaired) electrons. The smallest absolute Gasteiger partial charge is 0.0520 e. The summed E-state index contributed by atoms with van der Waals surface area (Å²) in [4.78, 5) is 2.36. The minimum atomic E-state index is 0.378. The van der Waals surface area contributed by atoms with E-state index >= 15 is 0 Å². The molecule has 0 heterocycles. The molecule has 2 aromatic rings. The number of halogens is 1. The van der Waals surface area contributed by atoms with E-state index in [9.17, 15) is 0 Å². The monoisotopic (exact) mass is 328 g/mol. The molecule has 0 saturated heterocycles. The summed E-state index contributed by atoms with van der Waals surface area (Å²) < 4.78 is 0. The lowest BCUT2D eigenvalue weighted by molar-refractivity contribution is 0.757. The van der Waals surface area contributed by atoms with Gasteiger partial charge in [-0.25, -0.2) is 0 Å². The van der Waals surface area contributed by atoms with Gasteiger partial charge in [-0.2, -0.15) is 0 Å². The van der Waals surface area contributed by atoms with Crippen LogP contribution < -0.4 is 10.2 Å². The zero-order valence-electron chi connectivity index (χ0n) is 14.0. The van der Waals surface area contributed by atoms with Gasteiger partial charge in [-0.3, -0.25) is 0 Å². The Morgan fingerprint density at radius 2 is 2.09 bits per heavy atom. The second-order valence-corrected chi connectivity index (χ2v) is 6.84. The fourth-order valence-electron chi connectivity index (χ4n) is 3.28. The first-order valence-corrected chi connectivity index (χ1v) is 8.91. The van der Waals surface area contributed by atoms with Crippen molar-refractivity contribution in [3.63, 3.8) is 0 Å². The third-order valence-electron chi connectivity index (χ3n) is 4.66. The van der Waals surface area contributed by atoms with E-state index in [0.29, 0.717) is 6.04 Å². The molecule has 0 spiro atoms. The molecular formula is C20H25ClN2. The fraction of sp³-hybridized carbons (Fsp3) is 0.400. The van der Waals surface area contributed by atoms with Gasteiger partial charge in [0.25, 0.3) is 0 Å². The Morgan fingerprint density at radius 3 is 2.87 bits per heavy atom. The van der Waals surface area contributed by atoms with Crippen molar-refractivity contribution in [3.05, 3.63) is 58.6 Å². The molecule has 0 bridgehead atoms. The van der Waals surface area contributed by atoms with Crippen molar-refractivity contribution >= 4 is 23.0 Å². The molecule has 1 unspecified atom stereocenters. The molecule has 0 saturated carbocycles. The highest BCUT2D eigenvalue weighted by atomic mass is 35.5. The summed E-state index contributed by atoms with van der Waals surface area (Å²) in [5.74, 6) is 0. The molecule has 0 aromatic heterocycles. The Balaban J connectivity index is 1.78. The molecule has 0 amide bonds. The third-order valence-corrected chi connectivity index (χ3v) is 4.90. The van der Waals surface area contributed by atoms with E-state index in [4.69, 9.17) is 11.6 Å². The summed E-state index contributed by atoms with van der Waals surface area (Å²) in [6.45, 7) is 3.35. The number of nitrogens with zero attached hydrogens (tertiary/aromatic N) is 1. The van der Waals surface area contributed by atoms with Crippen molar-refractivity contribution in [1.82, 2.24) is 0 Å². The van der Waals surface area contributed by atoms with E-state index in [2.05, 4.69) is 48.5 Å². The maximum absolute atomic E-state index is 6.10. The number of nitrogens with one attached hydrogen (secondary N) is 1. The molecule has 0 fully saturated rings. The van der Waals surface area contributed by atoms with Crippen molar-refractivity contribution in [2.24, 2.45) is 0 Å². The number of hydrogen-bond donors (Lipinski definition) is 1. The van der Waals surface area contributed by atoms with Gasteiger partial charge in [0.05, 0.1) is 6.04 Å². The van der Waals surface area contributed by atoms with E-state index in [1.165, 1.54) is 29.7 Å². The highest BCUT2D eigenvalue weighted by Crippen LogP contribution is 2.36. The summed E-state index contributed by atoms with van der Waals surface area (Å²) in [6, 6.07) is 15.3. The number of anilines is 2. The Morgan fingerprint density at radius 1 is 1.22 bits per heavy atom. The highest BCUT2D eigenvalue weighted by Gasteiger charge is 2.23. The molecular weight excluding hydrogens is 304 g/mol. The summed E-state index contributed by atoms with van der Waals surface area (Å²) in [6.07, 6.45) is 4.75. The lowest BCUT2D eigenvalue weighted by Crippen LogP contribution is -2.18. The maximum Gasteiger partial charge on any atom is 0.0520 e. The molecule has 1 atom stereocenters. The number of rotatable bonds is 6. The van der Waals surface area contributed by atoms with E-state index < -0.39 is 0 Å². The number of aryl methyl sites for hydroxylation is 1. The van der Waals surface area contributed by atoms with Gasteiger partial charge in [0.15, 0.2) is 0 Å². The largest absolute Gasteiger partial charge is 0.378 e. The molecule has 3 rings (SSSR count). The molecule has 2 nitrogen and oxygen atoms in total. The molecule has 0 aliphatic heterocycles. The van der Waals surface area contributed by atoms with Gasteiger partial charge in [-0.05, 0) is 60.7 Å². The van der Waals surface area contributed by atoms with Gasteiger partial charge in [0.2, 0.25) is 0 Å². The quantitative estimate of drug-likeness (QED) is 0.734. The Kier molecular flexibility index (Phi) is 5.12. The molecule has 3 heteroatoms. The zero-order valence-corrected chi connectivity index (χ0v) is 14.7. The van der Waals surface area contributed by atoms with Gasteiger partial charge in [-0.15, -0.1) is 0 Å². The second-order valence-electron chi connectivity index (χ2n) is 6.40. The Labute approximate surface area is 144 Å². The lowest BCUT2D eigenvalue weighted by Gasteiger charge is -2.22. The van der Waals surface area contributed by atoms with Gasteiger partial charge < -0.3 is 10.2 Å². The summed E-state index contributed by atoms with van der Waals surface area (Å²) in [7, 11) is 2.19. The van der Waals surface area contributed by atoms with Crippen LogP contribution in [0.4, 0.5) is 11.4 Å². The second kappa shape index (κ2) is 7.27. The van der Waals surface area contributed by atoms with Crippen LogP contribution >= 0.6 is 11.6 Å². The first-order chi connectivity index (χ1) is 11.2. The molecule has 1 N–H and O–H groups in total. The molecule has 122 valence electrons. The number of fused-ring (bicyclic) bond motifs is 1. The van der Waals surface area contributed by atoms with Crippen molar-refractivity contribution in [2.75, 3.05) is 23.8 Å². The zero-order chi connectivity index (χ0) is 16.2. The highest BCUT2D eigenvalue weighted by molar-refractivity contribution is 6.30. The lowest BCUT2D eigenvalue weighted by atomic mass is 10.1. The average Bonchev–Trinajstić information content (AvgIpc) is 2.95. The van der Waals surface area contributed by atoms with Crippen LogP contribution in [0.1, 0.15) is 43.4 Å². The van der Waals surface area contributed by atoms with Crippen LogP contribution in [-0.4, -0.2) is 13.6 Å². The predicted molar refractivity (Wildman–Crippen MR) is 101 cm³/mol. The van der Waals surface area contributed by atoms with Crippen molar-refractivity contribution in [1.29, 1.82) is 0 Å². The third kappa shape index (κ3) is 3.81. The van der Waals surface area contributed by atoms with Gasteiger partial charge >= 0.3 is 0 Å². The summed E-state index contributed by atoms with van der Waals surface area (Å²) >= 11 is 6.10. The Bertz CT molecular complexity index is 668. The maximum atomic E-state index is 6.10. The summed E-state index contributed by atoms with van der Waals surface area (Å²) in [5.41, 5.74) is 5.32. The SMILES string of the molecule is CCCCN(C)c1ccc2c(c1)C(Nc1cccc(Cl)c1)CC2. The van der Waals surface area contributed by atoms with Crippen LogP contribution in [0, 0.1) is 0 Å². The van der Waals surface area contributed by atoms with Crippen LogP contribution in [-0.2, 0) is 6.42 Å². The predicted octanol–water partition coefficient (Wildman–Crippen LogP) is 5.68. The average molecular weight is 329 g/mol. The van der Waals surface area contributed by atoms with Crippen LogP contribution in [0.25, 0.3) is 0 Å². The standard InChI is InChI=1S/C20H25ClN2/c1-3-4-12-23(2)18-10-8-15-9-11-20(19(15)14-18)22-17-7-5-6-16(21)13-17/h5-8,10,13-14,20,22H,3-4,9,11-12H2,1-2H3. The minimum Gasteiger partial charge on any atom is -0.378 e. The first-order valence-electron chi connectivity index (χ1n) is 8.53. The van der Waals surface area contributed by atoms with Gasteiger partial charge in [0, 0.05) is 30.0 Å². The van der Waals surface area contributed by atoms with Crippen molar-refractivity contribution in [2.45, 2.75) is 38.6 Å². The normalized spacial score (nSPS) is 16.2. The molecule has 23 heavy (non-hydrogen) atoms. The van der Waals surface area contributed by atoms with E-state index in [0.717, 1.165) is 30.1 Å². The summed E-state index contributed by atoms with van der Waals surface area (Å²) in [5, 5.41) is 4.42. The number of unbranched alkanes of at least 4 members (excludes halogenated alkanes) is 1. The van der Waals surface area contributed by atoms with Crippen molar-refractivity contribution in [3.8, 4) is 0 Å². The molecule has 1 aliphatic carbocycles.